The summed E-state index contributed by atoms with van der Waals surface area (Å²) in [6, 6.07) is 75.6. The fourth-order valence-corrected chi connectivity index (χ4v) is 10.7. The molecule has 0 fully saturated rings. The summed E-state index contributed by atoms with van der Waals surface area (Å²) in [4.78, 5) is 16.2. The number of para-hydroxylation sites is 2. The van der Waals surface area contributed by atoms with Gasteiger partial charge in [-0.05, 0) is 53.1 Å². The van der Waals surface area contributed by atoms with E-state index in [-0.39, 0.29) is 0 Å². The lowest BCUT2D eigenvalue weighted by Crippen LogP contribution is -2.07. The molecule has 0 radical (unpaired) electrons. The summed E-state index contributed by atoms with van der Waals surface area (Å²) < 4.78 is 7.19. The van der Waals surface area contributed by atoms with Crippen molar-refractivity contribution in [1.29, 1.82) is 0 Å². The lowest BCUT2D eigenvalue weighted by Gasteiger charge is -2.17. The standard InChI is InChI=1S/C57H35N5S/c1-4-17-36(18-5-1)39-31-34-49(46(35-39)37-19-6-2-7-20-37)61-47-27-13-10-23-40(47)42-32-33-43-41-24-11-14-28-48(41)62(54(43)53(42)61)57-59-55(38-21-8-3-9-22-38)58-56(60-57)45-26-16-30-51-52(45)44-25-12-15-29-50(44)63-51/h1-35H. The summed E-state index contributed by atoms with van der Waals surface area (Å²) in [6.07, 6.45) is 0. The van der Waals surface area contributed by atoms with Gasteiger partial charge in [-0.15, -0.1) is 11.3 Å². The topological polar surface area (TPSA) is 48.5 Å². The van der Waals surface area contributed by atoms with Crippen LogP contribution in [0.1, 0.15) is 0 Å². The lowest BCUT2D eigenvalue weighted by molar-refractivity contribution is 0.954. The SMILES string of the molecule is c1ccc(-c2ccc(-n3c4ccccc4c4ccc5c6ccccc6n(-c6nc(-c7ccccc7)nc(-c7cccc8sc9ccccc9c78)n6)c5c43)c(-c3ccccc3)c2)cc1. The van der Waals surface area contributed by atoms with Crippen molar-refractivity contribution in [2.24, 2.45) is 0 Å². The Hall–Kier alpha value is -8.19. The van der Waals surface area contributed by atoms with Crippen LogP contribution in [0.2, 0.25) is 0 Å². The predicted molar refractivity (Wildman–Crippen MR) is 263 cm³/mol. The van der Waals surface area contributed by atoms with E-state index in [0.29, 0.717) is 17.6 Å². The first-order valence-corrected chi connectivity index (χ1v) is 22.0. The van der Waals surface area contributed by atoms with E-state index in [9.17, 15) is 0 Å². The summed E-state index contributed by atoms with van der Waals surface area (Å²) in [5, 5.41) is 6.94. The van der Waals surface area contributed by atoms with Crippen LogP contribution in [-0.4, -0.2) is 24.1 Å². The van der Waals surface area contributed by atoms with Crippen LogP contribution in [0.5, 0.6) is 0 Å². The summed E-state index contributed by atoms with van der Waals surface area (Å²) in [5.74, 6) is 1.82. The van der Waals surface area contributed by atoms with E-state index >= 15 is 0 Å². The van der Waals surface area contributed by atoms with Gasteiger partial charge in [0.2, 0.25) is 5.95 Å². The molecule has 5 nitrogen and oxygen atoms in total. The monoisotopic (exact) mass is 821 g/mol. The number of hydrogen-bond donors (Lipinski definition) is 0. The largest absolute Gasteiger partial charge is 0.307 e. The van der Waals surface area contributed by atoms with Gasteiger partial charge in [0, 0.05) is 58.4 Å². The van der Waals surface area contributed by atoms with Crippen molar-refractivity contribution in [3.8, 4) is 56.7 Å². The first-order valence-electron chi connectivity index (χ1n) is 21.2. The van der Waals surface area contributed by atoms with Crippen LogP contribution in [0.25, 0.3) is 120 Å². The Bertz CT molecular complexity index is 3900. The molecule has 0 atom stereocenters. The molecule has 0 unspecified atom stereocenters. The average Bonchev–Trinajstić information content (AvgIpc) is 4.02. The van der Waals surface area contributed by atoms with Crippen LogP contribution >= 0.6 is 11.3 Å². The minimum Gasteiger partial charge on any atom is -0.307 e. The van der Waals surface area contributed by atoms with Gasteiger partial charge in [0.1, 0.15) is 0 Å². The van der Waals surface area contributed by atoms with Gasteiger partial charge in [-0.25, -0.2) is 4.98 Å². The molecule has 13 rings (SSSR count). The number of rotatable bonds is 6. The third-order valence-electron chi connectivity index (χ3n) is 12.4. The maximum Gasteiger partial charge on any atom is 0.238 e. The van der Waals surface area contributed by atoms with Gasteiger partial charge in [-0.1, -0.05) is 176 Å². The number of hydrogen-bond acceptors (Lipinski definition) is 4. The summed E-state index contributed by atoms with van der Waals surface area (Å²) >= 11 is 1.80. The highest BCUT2D eigenvalue weighted by atomic mass is 32.1. The molecular weight excluding hydrogens is 787 g/mol. The zero-order valence-electron chi connectivity index (χ0n) is 33.9. The van der Waals surface area contributed by atoms with Crippen molar-refractivity contribution in [3.63, 3.8) is 0 Å². The number of aromatic nitrogens is 5. The second-order valence-electron chi connectivity index (χ2n) is 16.0. The Labute approximate surface area is 366 Å². The van der Waals surface area contributed by atoms with Gasteiger partial charge in [-0.3, -0.25) is 4.57 Å². The van der Waals surface area contributed by atoms with E-state index in [2.05, 4.69) is 203 Å². The van der Waals surface area contributed by atoms with E-state index in [1.165, 1.54) is 25.7 Å². The van der Waals surface area contributed by atoms with Crippen molar-refractivity contribution in [2.75, 3.05) is 0 Å². The number of thiophene rings is 1. The van der Waals surface area contributed by atoms with Crippen molar-refractivity contribution >= 4 is 75.1 Å². The number of benzene rings is 9. The Morgan fingerprint density at radius 3 is 1.60 bits per heavy atom. The molecule has 0 N–H and O–H groups in total. The van der Waals surface area contributed by atoms with E-state index in [1.54, 1.807) is 11.3 Å². The highest BCUT2D eigenvalue weighted by Gasteiger charge is 2.25. The summed E-state index contributed by atoms with van der Waals surface area (Å²) in [6.45, 7) is 0. The molecule has 0 bridgehead atoms. The van der Waals surface area contributed by atoms with Gasteiger partial charge in [0.05, 0.1) is 27.8 Å². The third kappa shape index (κ3) is 5.59. The molecule has 0 aliphatic heterocycles. The molecule has 294 valence electrons. The zero-order valence-corrected chi connectivity index (χ0v) is 34.7. The van der Waals surface area contributed by atoms with E-state index in [4.69, 9.17) is 15.0 Å². The molecule has 4 heterocycles. The van der Waals surface area contributed by atoms with Crippen molar-refractivity contribution < 1.29 is 0 Å². The van der Waals surface area contributed by atoms with E-state index in [0.717, 1.165) is 77.1 Å². The Balaban J connectivity index is 1.17. The Morgan fingerprint density at radius 2 is 0.889 bits per heavy atom. The molecule has 0 saturated carbocycles. The summed E-state index contributed by atoms with van der Waals surface area (Å²) in [7, 11) is 0. The van der Waals surface area contributed by atoms with Gasteiger partial charge in [0.15, 0.2) is 11.6 Å². The van der Waals surface area contributed by atoms with Crippen LogP contribution in [-0.2, 0) is 0 Å². The molecule has 13 aromatic rings. The number of nitrogens with zero attached hydrogens (tertiary/aromatic N) is 5. The normalized spacial score (nSPS) is 11.8. The van der Waals surface area contributed by atoms with Gasteiger partial charge in [-0.2, -0.15) is 9.97 Å². The van der Waals surface area contributed by atoms with Crippen molar-refractivity contribution in [1.82, 2.24) is 24.1 Å². The van der Waals surface area contributed by atoms with Gasteiger partial charge < -0.3 is 4.57 Å². The van der Waals surface area contributed by atoms with Crippen LogP contribution in [0.15, 0.2) is 212 Å². The smallest absolute Gasteiger partial charge is 0.238 e. The quantitative estimate of drug-likeness (QED) is 0.168. The fraction of sp³-hybridized carbons (Fsp3) is 0. The molecule has 63 heavy (non-hydrogen) atoms. The minimum absolute atomic E-state index is 0.564. The second kappa shape index (κ2) is 14.2. The fourth-order valence-electron chi connectivity index (χ4n) is 9.61. The highest BCUT2D eigenvalue weighted by Crippen LogP contribution is 2.45. The maximum atomic E-state index is 5.52. The maximum absolute atomic E-state index is 5.52. The zero-order chi connectivity index (χ0) is 41.4. The molecule has 0 saturated heterocycles. The van der Waals surface area contributed by atoms with Gasteiger partial charge in [0.25, 0.3) is 0 Å². The van der Waals surface area contributed by atoms with Crippen LogP contribution < -0.4 is 0 Å². The first kappa shape index (κ1) is 35.6. The van der Waals surface area contributed by atoms with Crippen LogP contribution in [0, 0.1) is 0 Å². The molecule has 0 amide bonds. The molecule has 0 aliphatic carbocycles. The lowest BCUT2D eigenvalue weighted by atomic mass is 9.97. The number of fused-ring (bicyclic) bond motifs is 10. The minimum atomic E-state index is 0.564. The van der Waals surface area contributed by atoms with Crippen molar-refractivity contribution in [3.05, 3.63) is 212 Å². The van der Waals surface area contributed by atoms with Gasteiger partial charge >= 0.3 is 0 Å². The Kier molecular flexibility index (Phi) is 8.01. The van der Waals surface area contributed by atoms with E-state index in [1.807, 2.05) is 18.2 Å². The third-order valence-corrected chi connectivity index (χ3v) is 13.5. The predicted octanol–water partition coefficient (Wildman–Crippen LogP) is 15.1. The van der Waals surface area contributed by atoms with Crippen LogP contribution in [0.4, 0.5) is 0 Å². The Morgan fingerprint density at radius 1 is 0.333 bits per heavy atom. The van der Waals surface area contributed by atoms with Crippen molar-refractivity contribution in [2.45, 2.75) is 0 Å². The molecule has 6 heteroatoms. The van der Waals surface area contributed by atoms with Crippen LogP contribution in [0.3, 0.4) is 0 Å². The molecule has 4 aromatic heterocycles. The highest BCUT2D eigenvalue weighted by molar-refractivity contribution is 7.25. The first-order chi connectivity index (χ1) is 31.3. The van der Waals surface area contributed by atoms with E-state index < -0.39 is 0 Å². The second-order valence-corrected chi connectivity index (χ2v) is 17.0. The molecular formula is C57H35N5S. The molecule has 9 aromatic carbocycles. The molecule has 0 aliphatic rings. The summed E-state index contributed by atoms with van der Waals surface area (Å²) in [5.41, 5.74) is 11.9. The average molecular weight is 822 g/mol. The molecule has 0 spiro atoms.